The van der Waals surface area contributed by atoms with Crippen LogP contribution < -0.4 is 0 Å². The van der Waals surface area contributed by atoms with Crippen LogP contribution in [0.1, 0.15) is 19.3 Å². The third kappa shape index (κ3) is 1.49. The SMILES string of the molecule is CN1CCC2(CC(O)CCO2)C1. The van der Waals surface area contributed by atoms with Gasteiger partial charge in [-0.1, -0.05) is 0 Å². The maximum atomic E-state index is 9.52. The molecule has 12 heavy (non-hydrogen) atoms. The Kier molecular flexibility index (Phi) is 2.10. The number of likely N-dealkylation sites (tertiary alicyclic amines) is 1. The Labute approximate surface area is 73.3 Å². The van der Waals surface area contributed by atoms with E-state index < -0.39 is 0 Å². The zero-order valence-corrected chi connectivity index (χ0v) is 7.62. The fraction of sp³-hybridized carbons (Fsp3) is 1.00. The normalized spacial score (nSPS) is 44.0. The minimum atomic E-state index is -0.134. The lowest BCUT2D eigenvalue weighted by Crippen LogP contribution is -2.43. The standard InChI is InChI=1S/C9H17NO2/c1-10-4-3-9(7-10)6-8(11)2-5-12-9/h8,11H,2-7H2,1H3. The van der Waals surface area contributed by atoms with E-state index in [9.17, 15) is 5.11 Å². The molecule has 0 amide bonds. The number of aliphatic hydroxyl groups is 1. The molecule has 2 aliphatic rings. The lowest BCUT2D eigenvalue weighted by Gasteiger charge is -2.36. The number of aliphatic hydroxyl groups excluding tert-OH is 1. The average molecular weight is 171 g/mol. The molecule has 2 saturated heterocycles. The van der Waals surface area contributed by atoms with Gasteiger partial charge < -0.3 is 14.7 Å². The summed E-state index contributed by atoms with van der Waals surface area (Å²) in [5.74, 6) is 0. The molecule has 1 N–H and O–H groups in total. The number of ether oxygens (including phenoxy) is 1. The first-order valence-electron chi connectivity index (χ1n) is 4.71. The molecule has 0 radical (unpaired) electrons. The number of rotatable bonds is 0. The van der Waals surface area contributed by atoms with Crippen LogP contribution in [0, 0.1) is 0 Å². The van der Waals surface area contributed by atoms with Gasteiger partial charge in [0, 0.05) is 26.1 Å². The van der Waals surface area contributed by atoms with E-state index in [4.69, 9.17) is 4.74 Å². The monoisotopic (exact) mass is 171 g/mol. The Morgan fingerprint density at radius 1 is 1.58 bits per heavy atom. The van der Waals surface area contributed by atoms with Crippen molar-refractivity contribution < 1.29 is 9.84 Å². The maximum absolute atomic E-state index is 9.52. The summed E-state index contributed by atoms with van der Waals surface area (Å²) in [6.45, 7) is 2.83. The highest BCUT2D eigenvalue weighted by Gasteiger charge is 2.41. The van der Waals surface area contributed by atoms with Crippen molar-refractivity contribution in [2.45, 2.75) is 31.0 Å². The van der Waals surface area contributed by atoms with Gasteiger partial charge >= 0.3 is 0 Å². The van der Waals surface area contributed by atoms with E-state index >= 15 is 0 Å². The number of hydrogen-bond acceptors (Lipinski definition) is 3. The van der Waals surface area contributed by atoms with Crippen LogP contribution in [-0.4, -0.2) is 48.5 Å². The summed E-state index contributed by atoms with van der Waals surface area (Å²) in [7, 11) is 2.11. The summed E-state index contributed by atoms with van der Waals surface area (Å²) >= 11 is 0. The zero-order chi connectivity index (χ0) is 8.60. The first-order valence-corrected chi connectivity index (χ1v) is 4.71. The molecule has 2 unspecified atom stereocenters. The third-order valence-electron chi connectivity index (χ3n) is 2.97. The predicted octanol–water partition coefficient (Wildman–Crippen LogP) is 0.232. The highest BCUT2D eigenvalue weighted by Crippen LogP contribution is 2.33. The maximum Gasteiger partial charge on any atom is 0.0845 e. The summed E-state index contributed by atoms with van der Waals surface area (Å²) in [6, 6.07) is 0. The summed E-state index contributed by atoms with van der Waals surface area (Å²) in [4.78, 5) is 2.28. The molecule has 0 aromatic heterocycles. The second-order valence-electron chi connectivity index (χ2n) is 4.17. The van der Waals surface area contributed by atoms with Crippen LogP contribution in [0.15, 0.2) is 0 Å². The van der Waals surface area contributed by atoms with Gasteiger partial charge in [0.2, 0.25) is 0 Å². The molecule has 2 heterocycles. The molecule has 2 rings (SSSR count). The summed E-state index contributed by atoms with van der Waals surface area (Å²) in [5.41, 5.74) is -0.00752. The lowest BCUT2D eigenvalue weighted by atomic mass is 9.91. The molecule has 0 saturated carbocycles. The van der Waals surface area contributed by atoms with E-state index in [1.54, 1.807) is 0 Å². The summed E-state index contributed by atoms with van der Waals surface area (Å²) in [6.07, 6.45) is 2.59. The first kappa shape index (κ1) is 8.48. The topological polar surface area (TPSA) is 32.7 Å². The number of likely N-dealkylation sites (N-methyl/N-ethyl adjacent to an activating group) is 1. The molecule has 3 nitrogen and oxygen atoms in total. The van der Waals surface area contributed by atoms with Crippen molar-refractivity contribution in [3.63, 3.8) is 0 Å². The molecule has 2 fully saturated rings. The molecule has 1 spiro atoms. The quantitative estimate of drug-likeness (QED) is 0.566. The summed E-state index contributed by atoms with van der Waals surface area (Å²) < 4.78 is 5.77. The highest BCUT2D eigenvalue weighted by molar-refractivity contribution is 4.94. The predicted molar refractivity (Wildman–Crippen MR) is 46.0 cm³/mol. The van der Waals surface area contributed by atoms with Crippen LogP contribution in [0.2, 0.25) is 0 Å². The van der Waals surface area contributed by atoms with E-state index in [2.05, 4.69) is 11.9 Å². The number of hydrogen-bond donors (Lipinski definition) is 1. The van der Waals surface area contributed by atoms with Gasteiger partial charge in [-0.05, 0) is 19.9 Å². The van der Waals surface area contributed by atoms with Gasteiger partial charge in [0.1, 0.15) is 0 Å². The molecule has 0 bridgehead atoms. The van der Waals surface area contributed by atoms with Crippen LogP contribution >= 0.6 is 0 Å². The third-order valence-corrected chi connectivity index (χ3v) is 2.97. The van der Waals surface area contributed by atoms with Gasteiger partial charge in [-0.3, -0.25) is 0 Å². The smallest absolute Gasteiger partial charge is 0.0845 e. The van der Waals surface area contributed by atoms with Gasteiger partial charge in [0.15, 0.2) is 0 Å². The second kappa shape index (κ2) is 2.98. The minimum Gasteiger partial charge on any atom is -0.393 e. The number of nitrogens with zero attached hydrogens (tertiary/aromatic N) is 1. The van der Waals surface area contributed by atoms with Gasteiger partial charge in [-0.15, -0.1) is 0 Å². The Morgan fingerprint density at radius 2 is 2.42 bits per heavy atom. The van der Waals surface area contributed by atoms with Crippen molar-refractivity contribution in [2.24, 2.45) is 0 Å². The van der Waals surface area contributed by atoms with E-state index in [0.717, 1.165) is 39.0 Å². The lowest BCUT2D eigenvalue weighted by molar-refractivity contribution is -0.109. The van der Waals surface area contributed by atoms with Crippen molar-refractivity contribution in [3.8, 4) is 0 Å². The highest BCUT2D eigenvalue weighted by atomic mass is 16.5. The van der Waals surface area contributed by atoms with Gasteiger partial charge in [0.25, 0.3) is 0 Å². The van der Waals surface area contributed by atoms with Crippen LogP contribution in [0.25, 0.3) is 0 Å². The Hall–Kier alpha value is -0.120. The molecular formula is C9H17NO2. The minimum absolute atomic E-state index is 0.00752. The molecule has 0 aliphatic carbocycles. The van der Waals surface area contributed by atoms with E-state index in [-0.39, 0.29) is 11.7 Å². The van der Waals surface area contributed by atoms with Crippen LogP contribution in [0.5, 0.6) is 0 Å². The zero-order valence-electron chi connectivity index (χ0n) is 7.62. The molecule has 0 aromatic rings. The molecule has 2 aliphatic heterocycles. The van der Waals surface area contributed by atoms with Crippen LogP contribution in [-0.2, 0) is 4.74 Å². The van der Waals surface area contributed by atoms with E-state index in [1.165, 1.54) is 0 Å². The fourth-order valence-electron chi connectivity index (χ4n) is 2.33. The van der Waals surface area contributed by atoms with Crippen molar-refractivity contribution >= 4 is 0 Å². The summed E-state index contributed by atoms with van der Waals surface area (Å²) in [5, 5.41) is 9.52. The second-order valence-corrected chi connectivity index (χ2v) is 4.17. The van der Waals surface area contributed by atoms with Crippen LogP contribution in [0.3, 0.4) is 0 Å². The van der Waals surface area contributed by atoms with Gasteiger partial charge in [-0.25, -0.2) is 0 Å². The van der Waals surface area contributed by atoms with Gasteiger partial charge in [0.05, 0.1) is 11.7 Å². The van der Waals surface area contributed by atoms with Crippen molar-refractivity contribution in [2.75, 3.05) is 26.7 Å². The Bertz CT molecular complexity index is 170. The average Bonchev–Trinajstić information content (AvgIpc) is 2.32. The Morgan fingerprint density at radius 3 is 3.00 bits per heavy atom. The molecule has 3 heteroatoms. The molecule has 0 aromatic carbocycles. The van der Waals surface area contributed by atoms with Crippen molar-refractivity contribution in [3.05, 3.63) is 0 Å². The fourth-order valence-corrected chi connectivity index (χ4v) is 2.33. The molecular weight excluding hydrogens is 154 g/mol. The van der Waals surface area contributed by atoms with Crippen molar-refractivity contribution in [1.82, 2.24) is 4.90 Å². The van der Waals surface area contributed by atoms with Crippen molar-refractivity contribution in [1.29, 1.82) is 0 Å². The van der Waals surface area contributed by atoms with Crippen LogP contribution in [0.4, 0.5) is 0 Å². The molecule has 2 atom stereocenters. The Balaban J connectivity index is 2.00. The first-order chi connectivity index (χ1) is 5.70. The largest absolute Gasteiger partial charge is 0.393 e. The van der Waals surface area contributed by atoms with Gasteiger partial charge in [-0.2, -0.15) is 0 Å². The van der Waals surface area contributed by atoms with E-state index in [0.29, 0.717) is 0 Å². The van der Waals surface area contributed by atoms with E-state index in [1.807, 2.05) is 0 Å². The molecule has 70 valence electrons.